The zero-order chi connectivity index (χ0) is 12.0. The number of hydrogen-bond donors (Lipinski definition) is 2. The fraction of sp³-hybridized carbons (Fsp3) is 0.444. The summed E-state index contributed by atoms with van der Waals surface area (Å²) in [6.45, 7) is -0.336. The van der Waals surface area contributed by atoms with Gasteiger partial charge in [0.1, 0.15) is 0 Å². The molecular formula is C9H12F3N3O. The molecular weight excluding hydrogens is 223 g/mol. The number of nitrogens with two attached hydrogens (primary N) is 1. The summed E-state index contributed by atoms with van der Waals surface area (Å²) in [5, 5.41) is 0. The van der Waals surface area contributed by atoms with Crippen LogP contribution >= 0.6 is 0 Å². The van der Waals surface area contributed by atoms with Crippen molar-refractivity contribution in [2.75, 3.05) is 12.0 Å². The van der Waals surface area contributed by atoms with Gasteiger partial charge in [-0.3, -0.25) is 10.8 Å². The van der Waals surface area contributed by atoms with Gasteiger partial charge in [-0.15, -0.1) is 0 Å². The smallest absolute Gasteiger partial charge is 0.375 e. The van der Waals surface area contributed by atoms with Gasteiger partial charge in [0.15, 0.2) is 0 Å². The summed E-state index contributed by atoms with van der Waals surface area (Å²) in [4.78, 5) is 3.92. The topological polar surface area (TPSA) is 60.2 Å². The van der Waals surface area contributed by atoms with Gasteiger partial charge in [0.2, 0.25) is 0 Å². The molecule has 1 rings (SSSR count). The van der Waals surface area contributed by atoms with Gasteiger partial charge in [-0.1, -0.05) is 0 Å². The number of nitrogens with zero attached hydrogens (tertiary/aromatic N) is 1. The molecule has 0 saturated carbocycles. The lowest BCUT2D eigenvalue weighted by Crippen LogP contribution is -2.12. The van der Waals surface area contributed by atoms with Crippen LogP contribution in [0.25, 0.3) is 0 Å². The Labute approximate surface area is 90.6 Å². The largest absolute Gasteiger partial charge is 0.391 e. The first-order valence-electron chi connectivity index (χ1n) is 4.57. The van der Waals surface area contributed by atoms with Crippen LogP contribution in [0.2, 0.25) is 0 Å². The zero-order valence-electron chi connectivity index (χ0n) is 8.42. The predicted octanol–water partition coefficient (Wildman–Crippen LogP) is 1.84. The van der Waals surface area contributed by atoms with Crippen LogP contribution in [0.1, 0.15) is 12.1 Å². The molecule has 0 unspecified atom stereocenters. The van der Waals surface area contributed by atoms with Crippen molar-refractivity contribution in [1.29, 1.82) is 0 Å². The van der Waals surface area contributed by atoms with Crippen LogP contribution in [0.3, 0.4) is 0 Å². The maximum atomic E-state index is 11.8. The van der Waals surface area contributed by atoms with Gasteiger partial charge in [-0.25, -0.2) is 0 Å². The summed E-state index contributed by atoms with van der Waals surface area (Å²) >= 11 is 0. The molecule has 0 aliphatic rings. The Morgan fingerprint density at radius 1 is 1.44 bits per heavy atom. The molecule has 4 nitrogen and oxygen atoms in total. The summed E-state index contributed by atoms with van der Waals surface area (Å²) in [6.07, 6.45) is -3.65. The Bertz CT molecular complexity index is 330. The number of nitrogen functional groups attached to an aromatic ring is 1. The Hall–Kier alpha value is -1.34. The van der Waals surface area contributed by atoms with Crippen molar-refractivity contribution in [3.05, 3.63) is 24.0 Å². The Balaban J connectivity index is 2.32. The van der Waals surface area contributed by atoms with E-state index in [1.54, 1.807) is 12.1 Å². The molecule has 0 amide bonds. The highest BCUT2D eigenvalue weighted by Crippen LogP contribution is 2.19. The van der Waals surface area contributed by atoms with Crippen LogP contribution in [0.4, 0.5) is 18.9 Å². The summed E-state index contributed by atoms with van der Waals surface area (Å²) < 4.78 is 40.2. The first kappa shape index (κ1) is 12.7. The van der Waals surface area contributed by atoms with Crippen molar-refractivity contribution in [2.24, 2.45) is 5.84 Å². The first-order valence-corrected chi connectivity index (χ1v) is 4.57. The van der Waals surface area contributed by atoms with Crippen LogP contribution in [0.5, 0.6) is 0 Å². The summed E-state index contributed by atoms with van der Waals surface area (Å²) in [7, 11) is 0. The van der Waals surface area contributed by atoms with Crippen LogP contribution in [-0.4, -0.2) is 17.8 Å². The highest BCUT2D eigenvalue weighted by molar-refractivity contribution is 5.41. The van der Waals surface area contributed by atoms with E-state index < -0.39 is 12.6 Å². The fourth-order valence-electron chi connectivity index (χ4n) is 1.01. The van der Waals surface area contributed by atoms with Gasteiger partial charge in [0.05, 0.1) is 31.0 Å². The van der Waals surface area contributed by atoms with Gasteiger partial charge in [-0.05, 0) is 12.1 Å². The molecule has 1 aromatic rings. The molecule has 7 heteroatoms. The van der Waals surface area contributed by atoms with E-state index in [1.165, 1.54) is 6.20 Å². The van der Waals surface area contributed by atoms with E-state index in [4.69, 9.17) is 10.6 Å². The Kier molecular flexibility index (Phi) is 4.51. The van der Waals surface area contributed by atoms with Crippen molar-refractivity contribution in [3.8, 4) is 0 Å². The highest BCUT2D eigenvalue weighted by atomic mass is 19.4. The van der Waals surface area contributed by atoms with Gasteiger partial charge in [0, 0.05) is 6.20 Å². The first-order chi connectivity index (χ1) is 7.51. The zero-order valence-corrected chi connectivity index (χ0v) is 8.42. The third-order valence-electron chi connectivity index (χ3n) is 1.76. The minimum atomic E-state index is -4.19. The van der Waals surface area contributed by atoms with Crippen molar-refractivity contribution < 1.29 is 17.9 Å². The monoisotopic (exact) mass is 235 g/mol. The van der Waals surface area contributed by atoms with E-state index in [0.717, 1.165) is 0 Å². The Morgan fingerprint density at radius 2 is 2.19 bits per heavy atom. The molecule has 1 aromatic heterocycles. The molecule has 0 spiro atoms. The number of nitrogens with one attached hydrogen (secondary N) is 1. The van der Waals surface area contributed by atoms with Crippen LogP contribution in [0.15, 0.2) is 18.3 Å². The van der Waals surface area contributed by atoms with E-state index in [1.807, 2.05) is 0 Å². The lowest BCUT2D eigenvalue weighted by atomic mass is 10.3. The molecule has 1 heterocycles. The lowest BCUT2D eigenvalue weighted by molar-refractivity contribution is -0.146. The summed E-state index contributed by atoms with van der Waals surface area (Å²) in [6, 6.07) is 3.24. The van der Waals surface area contributed by atoms with E-state index in [9.17, 15) is 13.2 Å². The molecule has 0 saturated heterocycles. The normalized spacial score (nSPS) is 11.5. The Morgan fingerprint density at radius 3 is 2.81 bits per heavy atom. The SMILES string of the molecule is NNc1ccnc(COCCC(F)(F)F)c1. The van der Waals surface area contributed by atoms with E-state index in [0.29, 0.717) is 11.4 Å². The second-order valence-corrected chi connectivity index (χ2v) is 3.10. The van der Waals surface area contributed by atoms with Crippen molar-refractivity contribution in [2.45, 2.75) is 19.2 Å². The van der Waals surface area contributed by atoms with Gasteiger partial charge in [0.25, 0.3) is 0 Å². The molecule has 0 fully saturated rings. The number of rotatable bonds is 5. The average molecular weight is 235 g/mol. The molecule has 16 heavy (non-hydrogen) atoms. The third kappa shape index (κ3) is 4.94. The second kappa shape index (κ2) is 5.66. The molecule has 0 aromatic carbocycles. The molecule has 0 aliphatic heterocycles. The third-order valence-corrected chi connectivity index (χ3v) is 1.76. The van der Waals surface area contributed by atoms with Gasteiger partial charge >= 0.3 is 6.18 Å². The minimum Gasteiger partial charge on any atom is -0.375 e. The van der Waals surface area contributed by atoms with E-state index >= 15 is 0 Å². The molecule has 90 valence electrons. The minimum absolute atomic E-state index is 0.0333. The number of ether oxygens (including phenoxy) is 1. The fourth-order valence-corrected chi connectivity index (χ4v) is 1.01. The van der Waals surface area contributed by atoms with Crippen molar-refractivity contribution >= 4 is 5.69 Å². The van der Waals surface area contributed by atoms with Crippen molar-refractivity contribution in [1.82, 2.24) is 4.98 Å². The molecule has 0 aliphatic carbocycles. The van der Waals surface area contributed by atoms with E-state index in [-0.39, 0.29) is 13.2 Å². The number of hydrogen-bond acceptors (Lipinski definition) is 4. The molecule has 0 radical (unpaired) electrons. The van der Waals surface area contributed by atoms with Crippen LogP contribution in [0, 0.1) is 0 Å². The maximum Gasteiger partial charge on any atom is 0.391 e. The number of aromatic nitrogens is 1. The summed E-state index contributed by atoms with van der Waals surface area (Å²) in [5.41, 5.74) is 3.56. The quantitative estimate of drug-likeness (QED) is 0.464. The van der Waals surface area contributed by atoms with Gasteiger partial charge < -0.3 is 10.2 Å². The number of pyridine rings is 1. The van der Waals surface area contributed by atoms with Gasteiger partial charge in [-0.2, -0.15) is 13.2 Å². The standard InChI is InChI=1S/C9H12F3N3O/c10-9(11,12)2-4-16-6-8-5-7(15-13)1-3-14-8/h1,3,5H,2,4,6,13H2,(H,14,15). The number of hydrazine groups is 1. The number of halogens is 3. The average Bonchev–Trinajstić information content (AvgIpc) is 2.23. The highest BCUT2D eigenvalue weighted by Gasteiger charge is 2.26. The predicted molar refractivity (Wildman–Crippen MR) is 52.4 cm³/mol. The molecule has 0 atom stereocenters. The molecule has 3 N–H and O–H groups in total. The number of alkyl halides is 3. The molecule has 0 bridgehead atoms. The second-order valence-electron chi connectivity index (χ2n) is 3.10. The maximum absolute atomic E-state index is 11.8. The van der Waals surface area contributed by atoms with Crippen LogP contribution in [-0.2, 0) is 11.3 Å². The summed E-state index contributed by atoms with van der Waals surface area (Å²) in [5.74, 6) is 5.16. The lowest BCUT2D eigenvalue weighted by Gasteiger charge is -2.07. The van der Waals surface area contributed by atoms with E-state index in [2.05, 4.69) is 10.4 Å². The number of anilines is 1. The van der Waals surface area contributed by atoms with Crippen molar-refractivity contribution in [3.63, 3.8) is 0 Å². The van der Waals surface area contributed by atoms with Crippen LogP contribution < -0.4 is 11.3 Å².